The van der Waals surface area contributed by atoms with E-state index in [0.29, 0.717) is 6.04 Å². The van der Waals surface area contributed by atoms with Crippen molar-refractivity contribution in [3.05, 3.63) is 24.2 Å². The first kappa shape index (κ1) is 17.8. The third-order valence-electron chi connectivity index (χ3n) is 4.13. The van der Waals surface area contributed by atoms with Crippen LogP contribution in [0.5, 0.6) is 0 Å². The van der Waals surface area contributed by atoms with Gasteiger partial charge in [0.1, 0.15) is 5.76 Å². The molecular weight excluding hydrogens is 292 g/mol. The van der Waals surface area contributed by atoms with Crippen LogP contribution in [-0.4, -0.2) is 63.3 Å². The topological polar surface area (TPSA) is 62.0 Å². The lowest BCUT2D eigenvalue weighted by Crippen LogP contribution is -2.40. The molecule has 1 aliphatic rings. The largest absolute Gasteiger partial charge is 0.469 e. The summed E-state index contributed by atoms with van der Waals surface area (Å²) in [5.41, 5.74) is 0. The summed E-state index contributed by atoms with van der Waals surface area (Å²) in [6.45, 7) is 7.55. The molecule has 2 N–H and O–H groups in total. The Morgan fingerprint density at radius 2 is 2.39 bits per heavy atom. The molecule has 0 bridgehead atoms. The molecule has 1 unspecified atom stereocenters. The Kier molecular flexibility index (Phi) is 7.97. The van der Waals surface area contributed by atoms with Crippen LogP contribution in [0.4, 0.5) is 0 Å². The van der Waals surface area contributed by atoms with E-state index < -0.39 is 0 Å². The van der Waals surface area contributed by atoms with E-state index in [0.717, 1.165) is 57.5 Å². The highest BCUT2D eigenvalue weighted by atomic mass is 16.5. The summed E-state index contributed by atoms with van der Waals surface area (Å²) in [6.07, 6.45) is 5.05. The number of aliphatic imine (C=N–C) groups is 1. The van der Waals surface area contributed by atoms with Gasteiger partial charge in [-0.15, -0.1) is 0 Å². The van der Waals surface area contributed by atoms with Crippen LogP contribution in [0.2, 0.25) is 0 Å². The average molecular weight is 322 g/mol. The van der Waals surface area contributed by atoms with Crippen LogP contribution in [0.1, 0.15) is 25.5 Å². The molecule has 0 aromatic carbocycles. The molecular formula is C17H30N4O2. The Hall–Kier alpha value is -1.53. The molecule has 1 fully saturated rings. The number of nitrogens with one attached hydrogen (secondary N) is 2. The van der Waals surface area contributed by atoms with Crippen LogP contribution in [0, 0.1) is 0 Å². The number of nitrogens with zero attached hydrogens (tertiary/aromatic N) is 2. The third kappa shape index (κ3) is 6.23. The molecule has 0 spiro atoms. The second-order valence-corrected chi connectivity index (χ2v) is 5.80. The first-order chi connectivity index (χ1) is 11.3. The Balaban J connectivity index is 1.77. The summed E-state index contributed by atoms with van der Waals surface area (Å²) in [4.78, 5) is 7.24. The maximum atomic E-state index is 5.35. The standard InChI is InChI=1S/C17H30N4O2/c1-3-18-17(19-9-8-16-7-5-12-23-16)20-14-15-6-4-10-21(15)11-13-22-2/h5,7,12,15H,3-4,6,8-11,13-14H2,1-2H3,(H2,18,19,20). The van der Waals surface area contributed by atoms with Gasteiger partial charge in [0.15, 0.2) is 5.96 Å². The predicted molar refractivity (Wildman–Crippen MR) is 92.9 cm³/mol. The van der Waals surface area contributed by atoms with Gasteiger partial charge in [-0.3, -0.25) is 9.89 Å². The van der Waals surface area contributed by atoms with E-state index in [9.17, 15) is 0 Å². The summed E-state index contributed by atoms with van der Waals surface area (Å²) >= 11 is 0. The maximum absolute atomic E-state index is 5.35. The fraction of sp³-hybridized carbons (Fsp3) is 0.706. The molecule has 2 rings (SSSR count). The van der Waals surface area contributed by atoms with Crippen LogP contribution in [-0.2, 0) is 11.2 Å². The van der Waals surface area contributed by atoms with Crippen molar-refractivity contribution >= 4 is 5.96 Å². The number of methoxy groups -OCH3 is 1. The van der Waals surface area contributed by atoms with Crippen LogP contribution < -0.4 is 10.6 Å². The SMILES string of the molecule is CCNC(=NCC1CCCN1CCOC)NCCc1ccco1. The number of guanidine groups is 1. The number of hydrogen-bond donors (Lipinski definition) is 2. The van der Waals surface area contributed by atoms with Gasteiger partial charge >= 0.3 is 0 Å². The molecule has 6 heteroatoms. The quantitative estimate of drug-likeness (QED) is 0.533. The molecule has 0 aliphatic carbocycles. The van der Waals surface area contributed by atoms with E-state index in [1.54, 1.807) is 13.4 Å². The molecule has 1 aromatic heterocycles. The monoisotopic (exact) mass is 322 g/mol. The van der Waals surface area contributed by atoms with Gasteiger partial charge in [0, 0.05) is 39.2 Å². The molecule has 0 saturated carbocycles. The van der Waals surface area contributed by atoms with E-state index in [1.807, 2.05) is 12.1 Å². The molecule has 1 aromatic rings. The van der Waals surface area contributed by atoms with E-state index in [1.165, 1.54) is 12.8 Å². The van der Waals surface area contributed by atoms with E-state index in [2.05, 4.69) is 22.5 Å². The second-order valence-electron chi connectivity index (χ2n) is 5.80. The highest BCUT2D eigenvalue weighted by Gasteiger charge is 2.23. The van der Waals surface area contributed by atoms with Gasteiger partial charge in [0.05, 0.1) is 19.4 Å². The van der Waals surface area contributed by atoms with Gasteiger partial charge < -0.3 is 19.8 Å². The van der Waals surface area contributed by atoms with E-state index >= 15 is 0 Å². The minimum Gasteiger partial charge on any atom is -0.469 e. The Morgan fingerprint density at radius 1 is 1.48 bits per heavy atom. The molecule has 6 nitrogen and oxygen atoms in total. The molecule has 2 heterocycles. The molecule has 0 radical (unpaired) electrons. The summed E-state index contributed by atoms with van der Waals surface area (Å²) in [7, 11) is 1.76. The zero-order chi connectivity index (χ0) is 16.3. The number of hydrogen-bond acceptors (Lipinski definition) is 4. The molecule has 23 heavy (non-hydrogen) atoms. The molecule has 0 amide bonds. The average Bonchev–Trinajstić information content (AvgIpc) is 3.22. The zero-order valence-corrected chi connectivity index (χ0v) is 14.4. The molecule has 1 atom stereocenters. The van der Waals surface area contributed by atoms with Crippen molar-refractivity contribution in [2.45, 2.75) is 32.2 Å². The lowest BCUT2D eigenvalue weighted by atomic mass is 10.2. The van der Waals surface area contributed by atoms with Crippen LogP contribution in [0.3, 0.4) is 0 Å². The molecule has 1 aliphatic heterocycles. The third-order valence-corrected chi connectivity index (χ3v) is 4.13. The van der Waals surface area contributed by atoms with E-state index in [-0.39, 0.29) is 0 Å². The van der Waals surface area contributed by atoms with Gasteiger partial charge in [-0.05, 0) is 38.4 Å². The summed E-state index contributed by atoms with van der Waals surface area (Å²) in [6, 6.07) is 4.45. The van der Waals surface area contributed by atoms with Crippen molar-refractivity contribution in [3.8, 4) is 0 Å². The maximum Gasteiger partial charge on any atom is 0.191 e. The van der Waals surface area contributed by atoms with Crippen molar-refractivity contribution in [1.82, 2.24) is 15.5 Å². The zero-order valence-electron chi connectivity index (χ0n) is 14.4. The molecule has 130 valence electrons. The fourth-order valence-corrected chi connectivity index (χ4v) is 2.90. The van der Waals surface area contributed by atoms with E-state index in [4.69, 9.17) is 14.1 Å². The van der Waals surface area contributed by atoms with Gasteiger partial charge in [-0.2, -0.15) is 0 Å². The van der Waals surface area contributed by atoms with Gasteiger partial charge in [0.2, 0.25) is 0 Å². The number of likely N-dealkylation sites (tertiary alicyclic amines) is 1. The van der Waals surface area contributed by atoms with Gasteiger partial charge in [-0.1, -0.05) is 0 Å². The van der Waals surface area contributed by atoms with Crippen LogP contribution >= 0.6 is 0 Å². The molecule has 1 saturated heterocycles. The predicted octanol–water partition coefficient (Wildman–Crippen LogP) is 1.49. The lowest BCUT2D eigenvalue weighted by molar-refractivity contribution is 0.142. The first-order valence-corrected chi connectivity index (χ1v) is 8.61. The Bertz CT molecular complexity index is 447. The smallest absolute Gasteiger partial charge is 0.191 e. The first-order valence-electron chi connectivity index (χ1n) is 8.61. The Labute approximate surface area is 139 Å². The summed E-state index contributed by atoms with van der Waals surface area (Å²) in [5, 5.41) is 6.69. The van der Waals surface area contributed by atoms with Crippen molar-refractivity contribution in [1.29, 1.82) is 0 Å². The highest BCUT2D eigenvalue weighted by Crippen LogP contribution is 2.16. The van der Waals surface area contributed by atoms with Gasteiger partial charge in [0.25, 0.3) is 0 Å². The van der Waals surface area contributed by atoms with Crippen LogP contribution in [0.15, 0.2) is 27.8 Å². The summed E-state index contributed by atoms with van der Waals surface area (Å²) in [5.74, 6) is 1.88. The van der Waals surface area contributed by atoms with Crippen molar-refractivity contribution < 1.29 is 9.15 Å². The Morgan fingerprint density at radius 3 is 3.13 bits per heavy atom. The lowest BCUT2D eigenvalue weighted by Gasteiger charge is -2.23. The normalized spacial score (nSPS) is 19.2. The second kappa shape index (κ2) is 10.3. The van der Waals surface area contributed by atoms with Crippen molar-refractivity contribution in [3.63, 3.8) is 0 Å². The number of furan rings is 1. The minimum absolute atomic E-state index is 0.533. The fourth-order valence-electron chi connectivity index (χ4n) is 2.90. The number of rotatable bonds is 9. The van der Waals surface area contributed by atoms with Crippen LogP contribution in [0.25, 0.3) is 0 Å². The highest BCUT2D eigenvalue weighted by molar-refractivity contribution is 5.79. The van der Waals surface area contributed by atoms with Crippen molar-refractivity contribution in [2.24, 2.45) is 4.99 Å². The minimum atomic E-state index is 0.533. The van der Waals surface area contributed by atoms with Crippen molar-refractivity contribution in [2.75, 3.05) is 46.4 Å². The van der Waals surface area contributed by atoms with Gasteiger partial charge in [-0.25, -0.2) is 0 Å². The summed E-state index contributed by atoms with van der Waals surface area (Å²) < 4.78 is 10.5. The number of ether oxygens (including phenoxy) is 1.